The number of rotatable bonds is 5. The molecule has 0 bridgehead atoms. The Morgan fingerprint density at radius 3 is 2.50 bits per heavy atom. The molecule has 0 saturated carbocycles. The van der Waals surface area contributed by atoms with Gasteiger partial charge in [-0.2, -0.15) is 0 Å². The molecule has 0 spiro atoms. The third-order valence-electron chi connectivity index (χ3n) is 1.77. The monoisotopic (exact) mass is 274 g/mol. The van der Waals surface area contributed by atoms with Crippen LogP contribution < -0.4 is 4.74 Å². The van der Waals surface area contributed by atoms with Crippen LogP contribution in [-0.2, 0) is 0 Å². The predicted molar refractivity (Wildman–Crippen MR) is 67.4 cm³/mol. The Morgan fingerprint density at radius 1 is 1.29 bits per heavy atom. The summed E-state index contributed by atoms with van der Waals surface area (Å²) in [5.74, 6) is 0.941. The van der Waals surface area contributed by atoms with Gasteiger partial charge in [0.15, 0.2) is 0 Å². The lowest BCUT2D eigenvalue weighted by Gasteiger charge is -2.23. The SMILES string of the molecule is CC(C)(COc1ccccc1)SCBr. The molecule has 78 valence electrons. The maximum atomic E-state index is 5.68. The summed E-state index contributed by atoms with van der Waals surface area (Å²) < 4.78 is 6.78. The molecule has 1 nitrogen and oxygen atoms in total. The van der Waals surface area contributed by atoms with E-state index in [0.717, 1.165) is 17.0 Å². The molecular formula is C11H15BrOS. The fraction of sp³-hybridized carbons (Fsp3) is 0.455. The molecule has 3 heteroatoms. The number of para-hydroxylation sites is 1. The number of benzene rings is 1. The van der Waals surface area contributed by atoms with Crippen LogP contribution in [0.15, 0.2) is 30.3 Å². The molecule has 0 saturated heterocycles. The van der Waals surface area contributed by atoms with E-state index in [1.165, 1.54) is 0 Å². The van der Waals surface area contributed by atoms with E-state index < -0.39 is 0 Å². The van der Waals surface area contributed by atoms with Crippen LogP contribution in [0.2, 0.25) is 0 Å². The lowest BCUT2D eigenvalue weighted by molar-refractivity contribution is 0.288. The first-order chi connectivity index (χ1) is 6.64. The Hall–Kier alpha value is -0.150. The molecule has 0 aliphatic rings. The van der Waals surface area contributed by atoms with Crippen LogP contribution in [0.3, 0.4) is 0 Å². The fourth-order valence-electron chi connectivity index (χ4n) is 0.963. The first-order valence-electron chi connectivity index (χ1n) is 4.52. The Morgan fingerprint density at radius 2 is 1.93 bits per heavy atom. The first kappa shape index (κ1) is 11.9. The predicted octanol–water partition coefficient (Wildman–Crippen LogP) is 3.93. The maximum absolute atomic E-state index is 5.68. The third kappa shape index (κ3) is 4.38. The highest BCUT2D eigenvalue weighted by Gasteiger charge is 2.18. The average molecular weight is 275 g/mol. The van der Waals surface area contributed by atoms with Gasteiger partial charge in [0.25, 0.3) is 0 Å². The number of ether oxygens (including phenoxy) is 1. The second kappa shape index (κ2) is 5.66. The van der Waals surface area contributed by atoms with E-state index in [1.54, 1.807) is 0 Å². The van der Waals surface area contributed by atoms with E-state index >= 15 is 0 Å². The fourth-order valence-corrected chi connectivity index (χ4v) is 3.26. The molecule has 0 amide bonds. The first-order valence-corrected chi connectivity index (χ1v) is 6.62. The summed E-state index contributed by atoms with van der Waals surface area (Å²) in [6.45, 7) is 5.09. The summed E-state index contributed by atoms with van der Waals surface area (Å²) in [4.78, 5) is 0. The van der Waals surface area contributed by atoms with Gasteiger partial charge >= 0.3 is 0 Å². The van der Waals surface area contributed by atoms with Gasteiger partial charge in [-0.3, -0.25) is 0 Å². The minimum atomic E-state index is 0.152. The molecule has 0 fully saturated rings. The molecule has 1 aromatic rings. The number of thioether (sulfide) groups is 1. The largest absolute Gasteiger partial charge is 0.492 e. The van der Waals surface area contributed by atoms with E-state index in [2.05, 4.69) is 29.8 Å². The van der Waals surface area contributed by atoms with Crippen LogP contribution >= 0.6 is 27.7 Å². The molecule has 0 radical (unpaired) electrons. The van der Waals surface area contributed by atoms with Gasteiger partial charge in [0.2, 0.25) is 0 Å². The van der Waals surface area contributed by atoms with Gasteiger partial charge in [-0.15, -0.1) is 11.8 Å². The highest BCUT2D eigenvalue weighted by Crippen LogP contribution is 2.26. The zero-order valence-corrected chi connectivity index (χ0v) is 10.9. The van der Waals surface area contributed by atoms with E-state index in [9.17, 15) is 0 Å². The number of alkyl halides is 1. The third-order valence-corrected chi connectivity index (χ3v) is 3.47. The van der Waals surface area contributed by atoms with Gasteiger partial charge < -0.3 is 4.74 Å². The van der Waals surface area contributed by atoms with Gasteiger partial charge in [-0.25, -0.2) is 0 Å². The molecule has 0 aliphatic carbocycles. The van der Waals surface area contributed by atoms with E-state index in [4.69, 9.17) is 4.74 Å². The van der Waals surface area contributed by atoms with Crippen molar-refractivity contribution >= 4 is 27.7 Å². The van der Waals surface area contributed by atoms with Crippen LogP contribution in [-0.4, -0.2) is 16.0 Å². The second-order valence-corrected chi connectivity index (χ2v) is 6.60. The Labute approximate surface area is 98.4 Å². The second-order valence-electron chi connectivity index (χ2n) is 3.61. The Kier molecular flexibility index (Phi) is 4.82. The summed E-state index contributed by atoms with van der Waals surface area (Å²) in [6.07, 6.45) is 0. The van der Waals surface area contributed by atoms with Crippen molar-refractivity contribution in [3.8, 4) is 5.75 Å². The maximum Gasteiger partial charge on any atom is 0.119 e. The number of halogens is 1. The van der Waals surface area contributed by atoms with Gasteiger partial charge in [-0.05, 0) is 26.0 Å². The Bertz CT molecular complexity index is 261. The zero-order chi connectivity index (χ0) is 10.4. The van der Waals surface area contributed by atoms with Gasteiger partial charge in [0.05, 0.1) is 0 Å². The molecule has 0 heterocycles. The van der Waals surface area contributed by atoms with E-state index in [1.807, 2.05) is 42.1 Å². The topological polar surface area (TPSA) is 9.23 Å². The smallest absolute Gasteiger partial charge is 0.119 e. The minimum absolute atomic E-state index is 0.152. The summed E-state index contributed by atoms with van der Waals surface area (Å²) in [6, 6.07) is 9.93. The molecular weight excluding hydrogens is 260 g/mol. The lowest BCUT2D eigenvalue weighted by atomic mass is 10.2. The van der Waals surface area contributed by atoms with Crippen molar-refractivity contribution < 1.29 is 4.74 Å². The van der Waals surface area contributed by atoms with Gasteiger partial charge in [0, 0.05) is 9.41 Å². The summed E-state index contributed by atoms with van der Waals surface area (Å²) in [7, 11) is 0. The normalized spacial score (nSPS) is 11.4. The molecule has 14 heavy (non-hydrogen) atoms. The highest BCUT2D eigenvalue weighted by molar-refractivity contribution is 9.11. The van der Waals surface area contributed by atoms with Gasteiger partial charge in [0.1, 0.15) is 12.4 Å². The van der Waals surface area contributed by atoms with Crippen molar-refractivity contribution in [2.45, 2.75) is 18.6 Å². The van der Waals surface area contributed by atoms with Crippen molar-refractivity contribution in [3.63, 3.8) is 0 Å². The molecule has 0 unspecified atom stereocenters. The van der Waals surface area contributed by atoms with Crippen LogP contribution in [0.4, 0.5) is 0 Å². The van der Waals surface area contributed by atoms with Crippen LogP contribution in [0, 0.1) is 0 Å². The molecule has 0 atom stereocenters. The van der Waals surface area contributed by atoms with Crippen molar-refractivity contribution in [1.29, 1.82) is 0 Å². The minimum Gasteiger partial charge on any atom is -0.492 e. The summed E-state index contributed by atoms with van der Waals surface area (Å²) >= 11 is 5.26. The lowest BCUT2D eigenvalue weighted by Crippen LogP contribution is -2.24. The quantitative estimate of drug-likeness (QED) is 0.753. The van der Waals surface area contributed by atoms with E-state index in [0.29, 0.717) is 0 Å². The molecule has 1 aromatic carbocycles. The molecule has 0 aromatic heterocycles. The Balaban J connectivity index is 2.40. The summed E-state index contributed by atoms with van der Waals surface area (Å²) in [5.41, 5.74) is 0. The number of hydrogen-bond acceptors (Lipinski definition) is 2. The van der Waals surface area contributed by atoms with Crippen molar-refractivity contribution in [2.24, 2.45) is 0 Å². The molecule has 0 aliphatic heterocycles. The van der Waals surface area contributed by atoms with Crippen molar-refractivity contribution in [2.75, 3.05) is 11.3 Å². The van der Waals surface area contributed by atoms with Crippen LogP contribution in [0.5, 0.6) is 5.75 Å². The summed E-state index contributed by atoms with van der Waals surface area (Å²) in [5, 5.41) is 0. The van der Waals surface area contributed by atoms with Crippen LogP contribution in [0.25, 0.3) is 0 Å². The molecule has 0 N–H and O–H groups in total. The van der Waals surface area contributed by atoms with E-state index in [-0.39, 0.29) is 4.75 Å². The number of hydrogen-bond donors (Lipinski definition) is 0. The van der Waals surface area contributed by atoms with Crippen molar-refractivity contribution in [1.82, 2.24) is 0 Å². The molecule has 1 rings (SSSR count). The zero-order valence-electron chi connectivity index (χ0n) is 8.50. The van der Waals surface area contributed by atoms with Gasteiger partial charge in [-0.1, -0.05) is 34.1 Å². The van der Waals surface area contributed by atoms with Crippen molar-refractivity contribution in [3.05, 3.63) is 30.3 Å². The average Bonchev–Trinajstić information content (AvgIpc) is 2.17. The standard InChI is InChI=1S/C11H15BrOS/c1-11(2,14-9-12)8-13-10-6-4-3-5-7-10/h3-7H,8-9H2,1-2H3. The highest BCUT2D eigenvalue weighted by atomic mass is 79.9. The van der Waals surface area contributed by atoms with Crippen LogP contribution in [0.1, 0.15) is 13.8 Å².